The topological polar surface area (TPSA) is 39.2 Å². The van der Waals surface area contributed by atoms with Crippen LogP contribution in [-0.4, -0.2) is 11.0 Å². The van der Waals surface area contributed by atoms with Crippen LogP contribution in [0.4, 0.5) is 4.39 Å². The first-order valence-electron chi connectivity index (χ1n) is 6.00. The molecule has 0 N–H and O–H groups in total. The third kappa shape index (κ3) is 1.54. The Morgan fingerprint density at radius 3 is 2.88 bits per heavy atom. The molecule has 0 unspecified atom stereocenters. The van der Waals surface area contributed by atoms with Crippen LogP contribution in [0.2, 0.25) is 0 Å². The number of esters is 1. The fourth-order valence-corrected chi connectivity index (χ4v) is 2.83. The van der Waals surface area contributed by atoms with E-state index in [-0.39, 0.29) is 0 Å². The van der Waals surface area contributed by atoms with E-state index in [1.54, 1.807) is 0 Å². The SMILES string of the molecule is CC1CCC2(CC1)OC(=O)c1ncc(F)cc12. The number of fused-ring (bicyclic) bond motifs is 2. The molecule has 3 nitrogen and oxygen atoms in total. The highest BCUT2D eigenvalue weighted by Gasteiger charge is 2.48. The first kappa shape index (κ1) is 10.7. The second-order valence-electron chi connectivity index (χ2n) is 5.12. The Hall–Kier alpha value is -1.45. The van der Waals surface area contributed by atoms with Crippen LogP contribution in [0.15, 0.2) is 12.3 Å². The summed E-state index contributed by atoms with van der Waals surface area (Å²) in [7, 11) is 0. The fourth-order valence-electron chi connectivity index (χ4n) is 2.83. The molecular formula is C13H14FNO2. The third-order valence-electron chi connectivity index (χ3n) is 3.91. The van der Waals surface area contributed by atoms with Crippen molar-refractivity contribution < 1.29 is 13.9 Å². The molecule has 17 heavy (non-hydrogen) atoms. The number of rotatable bonds is 0. The molecule has 1 aromatic rings. The smallest absolute Gasteiger partial charge is 0.358 e. The zero-order chi connectivity index (χ0) is 12.0. The lowest BCUT2D eigenvalue weighted by Gasteiger charge is -2.35. The lowest BCUT2D eigenvalue weighted by Crippen LogP contribution is -2.31. The van der Waals surface area contributed by atoms with E-state index in [4.69, 9.17) is 4.74 Å². The van der Waals surface area contributed by atoms with Gasteiger partial charge >= 0.3 is 5.97 Å². The van der Waals surface area contributed by atoms with Gasteiger partial charge in [0.2, 0.25) is 0 Å². The highest BCUT2D eigenvalue weighted by molar-refractivity contribution is 5.92. The Morgan fingerprint density at radius 2 is 2.18 bits per heavy atom. The average molecular weight is 235 g/mol. The van der Waals surface area contributed by atoms with Crippen molar-refractivity contribution in [2.24, 2.45) is 5.92 Å². The predicted octanol–water partition coefficient (Wildman–Crippen LogP) is 2.80. The van der Waals surface area contributed by atoms with E-state index < -0.39 is 17.4 Å². The average Bonchev–Trinajstić information content (AvgIpc) is 2.57. The third-order valence-corrected chi connectivity index (χ3v) is 3.91. The van der Waals surface area contributed by atoms with Crippen molar-refractivity contribution in [3.05, 3.63) is 29.3 Å². The Balaban J connectivity index is 2.05. The molecule has 1 aliphatic heterocycles. The monoisotopic (exact) mass is 235 g/mol. The maximum absolute atomic E-state index is 13.3. The summed E-state index contributed by atoms with van der Waals surface area (Å²) in [5.41, 5.74) is 0.337. The molecule has 90 valence electrons. The van der Waals surface area contributed by atoms with Crippen LogP contribution in [-0.2, 0) is 10.3 Å². The molecular weight excluding hydrogens is 221 g/mol. The summed E-state index contributed by atoms with van der Waals surface area (Å²) in [4.78, 5) is 15.6. The Morgan fingerprint density at radius 1 is 1.47 bits per heavy atom. The van der Waals surface area contributed by atoms with E-state index in [2.05, 4.69) is 11.9 Å². The van der Waals surface area contributed by atoms with Gasteiger partial charge in [-0.2, -0.15) is 0 Å². The molecule has 3 rings (SSSR count). The number of aromatic nitrogens is 1. The second-order valence-corrected chi connectivity index (χ2v) is 5.12. The van der Waals surface area contributed by atoms with Gasteiger partial charge in [0.25, 0.3) is 0 Å². The Bertz CT molecular complexity index is 478. The van der Waals surface area contributed by atoms with E-state index in [0.29, 0.717) is 17.2 Å². The number of pyridine rings is 1. The molecule has 0 saturated heterocycles. The van der Waals surface area contributed by atoms with Gasteiger partial charge in [-0.3, -0.25) is 0 Å². The van der Waals surface area contributed by atoms with Gasteiger partial charge in [-0.1, -0.05) is 6.92 Å². The van der Waals surface area contributed by atoms with Crippen molar-refractivity contribution in [3.8, 4) is 0 Å². The second kappa shape index (κ2) is 3.52. The van der Waals surface area contributed by atoms with Crippen LogP contribution in [0, 0.1) is 11.7 Å². The molecule has 4 heteroatoms. The highest BCUT2D eigenvalue weighted by atomic mass is 19.1. The van der Waals surface area contributed by atoms with Gasteiger partial charge in [0.1, 0.15) is 11.4 Å². The van der Waals surface area contributed by atoms with Gasteiger partial charge in [-0.25, -0.2) is 14.2 Å². The first-order valence-corrected chi connectivity index (χ1v) is 6.00. The van der Waals surface area contributed by atoms with E-state index in [1.165, 1.54) is 6.07 Å². The summed E-state index contributed by atoms with van der Waals surface area (Å²) in [5, 5.41) is 0. The summed E-state index contributed by atoms with van der Waals surface area (Å²) >= 11 is 0. The largest absolute Gasteiger partial charge is 0.449 e. The maximum Gasteiger partial charge on any atom is 0.358 e. The van der Waals surface area contributed by atoms with Crippen molar-refractivity contribution in [3.63, 3.8) is 0 Å². The van der Waals surface area contributed by atoms with Crippen LogP contribution in [0.3, 0.4) is 0 Å². The van der Waals surface area contributed by atoms with Crippen molar-refractivity contribution in [1.82, 2.24) is 4.98 Å². The lowest BCUT2D eigenvalue weighted by atomic mass is 9.76. The van der Waals surface area contributed by atoms with Gasteiger partial charge in [0.05, 0.1) is 6.20 Å². The van der Waals surface area contributed by atoms with Gasteiger partial charge in [-0.05, 0) is 37.7 Å². The molecule has 2 aliphatic rings. The number of hydrogen-bond acceptors (Lipinski definition) is 3. The number of halogens is 1. The van der Waals surface area contributed by atoms with E-state index in [9.17, 15) is 9.18 Å². The van der Waals surface area contributed by atoms with Gasteiger partial charge in [0, 0.05) is 5.56 Å². The van der Waals surface area contributed by atoms with E-state index in [1.807, 2.05) is 0 Å². The van der Waals surface area contributed by atoms with Crippen molar-refractivity contribution in [2.45, 2.75) is 38.2 Å². The number of hydrogen-bond donors (Lipinski definition) is 0. The Labute approximate surface area is 99.0 Å². The highest BCUT2D eigenvalue weighted by Crippen LogP contribution is 2.47. The number of carbonyl (C=O) groups excluding carboxylic acids is 1. The van der Waals surface area contributed by atoms with Crippen LogP contribution in [0.1, 0.15) is 48.7 Å². The number of ether oxygens (including phenoxy) is 1. The molecule has 0 aromatic carbocycles. The molecule has 1 saturated carbocycles. The fraction of sp³-hybridized carbons (Fsp3) is 0.538. The number of nitrogens with zero attached hydrogens (tertiary/aromatic N) is 1. The zero-order valence-electron chi connectivity index (χ0n) is 9.70. The molecule has 2 heterocycles. The molecule has 0 amide bonds. The van der Waals surface area contributed by atoms with Gasteiger partial charge in [0.15, 0.2) is 5.69 Å². The van der Waals surface area contributed by atoms with Crippen LogP contribution >= 0.6 is 0 Å². The summed E-state index contributed by atoms with van der Waals surface area (Å²) in [6, 6.07) is 1.41. The quantitative estimate of drug-likeness (QED) is 0.649. The molecule has 1 spiro atoms. The molecule has 1 aromatic heterocycles. The van der Waals surface area contributed by atoms with Crippen LogP contribution < -0.4 is 0 Å². The minimum absolute atomic E-state index is 0.293. The van der Waals surface area contributed by atoms with E-state index in [0.717, 1.165) is 31.9 Å². The van der Waals surface area contributed by atoms with Gasteiger partial charge < -0.3 is 4.74 Å². The summed E-state index contributed by atoms with van der Waals surface area (Å²) in [6.45, 7) is 2.19. The molecule has 0 bridgehead atoms. The minimum Gasteiger partial charge on any atom is -0.449 e. The number of carbonyl (C=O) groups is 1. The van der Waals surface area contributed by atoms with E-state index >= 15 is 0 Å². The normalized spacial score (nSPS) is 31.4. The summed E-state index contributed by atoms with van der Waals surface area (Å²) in [5.74, 6) is -0.167. The van der Waals surface area contributed by atoms with Crippen LogP contribution in [0.5, 0.6) is 0 Å². The Kier molecular flexibility index (Phi) is 2.21. The first-order chi connectivity index (χ1) is 8.11. The molecule has 0 radical (unpaired) electrons. The van der Waals surface area contributed by atoms with Crippen molar-refractivity contribution >= 4 is 5.97 Å². The molecule has 0 atom stereocenters. The predicted molar refractivity (Wildman–Crippen MR) is 58.9 cm³/mol. The van der Waals surface area contributed by atoms with Crippen molar-refractivity contribution in [2.75, 3.05) is 0 Å². The maximum atomic E-state index is 13.3. The molecule has 1 fully saturated rings. The van der Waals surface area contributed by atoms with Crippen molar-refractivity contribution in [1.29, 1.82) is 0 Å². The summed E-state index contributed by atoms with van der Waals surface area (Å²) in [6.07, 6.45) is 4.63. The van der Waals surface area contributed by atoms with Gasteiger partial charge in [-0.15, -0.1) is 0 Å². The lowest BCUT2D eigenvalue weighted by molar-refractivity contribution is -0.0348. The summed E-state index contributed by atoms with van der Waals surface area (Å²) < 4.78 is 18.8. The standard InChI is InChI=1S/C13H14FNO2/c1-8-2-4-13(5-3-8)10-6-9(14)7-15-11(10)12(16)17-13/h6-8H,2-5H2,1H3. The van der Waals surface area contributed by atoms with Crippen LogP contribution in [0.25, 0.3) is 0 Å². The minimum atomic E-state index is -0.603. The molecule has 1 aliphatic carbocycles. The zero-order valence-corrected chi connectivity index (χ0v) is 9.70.